The largest absolute Gasteiger partial charge is 0.490 e. The summed E-state index contributed by atoms with van der Waals surface area (Å²) in [5, 5.41) is 5.70. The second kappa shape index (κ2) is 12.8. The Morgan fingerprint density at radius 2 is 1.67 bits per heavy atom. The van der Waals surface area contributed by atoms with Crippen LogP contribution in [0.15, 0.2) is 70.7 Å². The van der Waals surface area contributed by atoms with E-state index in [1.165, 1.54) is 18.0 Å². The zero-order chi connectivity index (χ0) is 23.6. The van der Waals surface area contributed by atoms with E-state index in [1.54, 1.807) is 36.4 Å². The number of hydrogen-bond acceptors (Lipinski definition) is 5. The van der Waals surface area contributed by atoms with Crippen LogP contribution in [0.2, 0.25) is 15.1 Å². The van der Waals surface area contributed by atoms with E-state index in [9.17, 15) is 4.79 Å². The van der Waals surface area contributed by atoms with Crippen LogP contribution in [0.25, 0.3) is 0 Å². The average Bonchev–Trinajstić information content (AvgIpc) is 2.79. The van der Waals surface area contributed by atoms with Crippen molar-refractivity contribution in [3.05, 3.63) is 86.9 Å². The van der Waals surface area contributed by atoms with Gasteiger partial charge in [0.1, 0.15) is 6.61 Å². The fraction of sp³-hybridized carbons (Fsp3) is 0.167. The number of nitrogens with zero attached hydrogens (tertiary/aromatic N) is 1. The molecule has 0 radical (unpaired) electrons. The minimum Gasteiger partial charge on any atom is -0.490 e. The van der Waals surface area contributed by atoms with Gasteiger partial charge in [0.2, 0.25) is 5.91 Å². The smallest absolute Gasteiger partial charge is 0.250 e. The van der Waals surface area contributed by atoms with Crippen LogP contribution in [0, 0.1) is 0 Å². The summed E-state index contributed by atoms with van der Waals surface area (Å²) >= 11 is 19.6. The van der Waals surface area contributed by atoms with Crippen molar-refractivity contribution >= 4 is 58.7 Å². The van der Waals surface area contributed by atoms with E-state index in [2.05, 4.69) is 10.5 Å². The molecule has 0 aliphatic heterocycles. The highest BCUT2D eigenvalue weighted by Gasteiger charge is 2.13. The molecule has 172 valence electrons. The molecule has 3 rings (SSSR count). The molecular weight excluding hydrogens is 503 g/mol. The van der Waals surface area contributed by atoms with Gasteiger partial charge >= 0.3 is 0 Å². The van der Waals surface area contributed by atoms with Crippen LogP contribution >= 0.6 is 46.6 Å². The van der Waals surface area contributed by atoms with Gasteiger partial charge in [-0.3, -0.25) is 4.79 Å². The molecule has 1 N–H and O–H groups in total. The first kappa shape index (κ1) is 25.2. The molecule has 0 aliphatic rings. The highest BCUT2D eigenvalue weighted by atomic mass is 35.5. The lowest BCUT2D eigenvalue weighted by atomic mass is 10.2. The third-order valence-corrected chi connectivity index (χ3v) is 6.01. The summed E-state index contributed by atoms with van der Waals surface area (Å²) in [4.78, 5) is 13.0. The zero-order valence-corrected chi connectivity index (χ0v) is 20.8. The Morgan fingerprint density at radius 1 is 1.00 bits per heavy atom. The minimum absolute atomic E-state index is 0.224. The summed E-state index contributed by atoms with van der Waals surface area (Å²) in [7, 11) is 0. The van der Waals surface area contributed by atoms with Crippen LogP contribution < -0.4 is 14.9 Å². The molecule has 0 unspecified atom stereocenters. The van der Waals surface area contributed by atoms with Crippen LogP contribution in [0.5, 0.6) is 11.5 Å². The molecule has 33 heavy (non-hydrogen) atoms. The lowest BCUT2D eigenvalue weighted by Gasteiger charge is -2.14. The zero-order valence-electron chi connectivity index (χ0n) is 17.7. The maximum Gasteiger partial charge on any atom is 0.250 e. The first-order chi connectivity index (χ1) is 15.9. The van der Waals surface area contributed by atoms with Crippen molar-refractivity contribution in [2.45, 2.75) is 18.4 Å². The fourth-order valence-corrected chi connectivity index (χ4v) is 3.91. The predicted octanol–water partition coefficient (Wildman–Crippen LogP) is 6.87. The molecule has 0 bridgehead atoms. The molecule has 0 aliphatic carbocycles. The number of nitrogens with one attached hydrogen (secondary N) is 1. The Hall–Kier alpha value is -2.38. The molecule has 1 amide bonds. The van der Waals surface area contributed by atoms with Crippen molar-refractivity contribution in [1.29, 1.82) is 0 Å². The molecule has 0 saturated carbocycles. The van der Waals surface area contributed by atoms with Gasteiger partial charge in [0, 0.05) is 14.9 Å². The maximum atomic E-state index is 12.1. The number of amides is 1. The Labute approximate surface area is 212 Å². The first-order valence-electron chi connectivity index (χ1n) is 9.98. The Morgan fingerprint density at radius 3 is 2.33 bits per heavy atom. The molecular formula is C24H21Cl3N2O3S. The minimum atomic E-state index is -0.231. The van der Waals surface area contributed by atoms with Crippen molar-refractivity contribution in [2.24, 2.45) is 5.10 Å². The number of thioether (sulfide) groups is 1. The van der Waals surface area contributed by atoms with E-state index in [4.69, 9.17) is 44.3 Å². The normalized spacial score (nSPS) is 10.9. The van der Waals surface area contributed by atoms with Gasteiger partial charge < -0.3 is 9.47 Å². The molecule has 5 nitrogen and oxygen atoms in total. The van der Waals surface area contributed by atoms with Crippen LogP contribution in [-0.2, 0) is 11.4 Å². The summed E-state index contributed by atoms with van der Waals surface area (Å²) in [6.07, 6.45) is 1.50. The lowest BCUT2D eigenvalue weighted by molar-refractivity contribution is -0.118. The van der Waals surface area contributed by atoms with E-state index in [-0.39, 0.29) is 11.7 Å². The number of benzene rings is 3. The number of hydrogen-bond donors (Lipinski definition) is 1. The topological polar surface area (TPSA) is 59.9 Å². The molecule has 0 aromatic heterocycles. The first-order valence-corrected chi connectivity index (χ1v) is 12.1. The molecule has 0 heterocycles. The Kier molecular flexibility index (Phi) is 9.76. The SMILES string of the molecule is CCOc1cc(/C=N\NC(=O)CSc2ccc(Cl)cc2)cc(Cl)c1OCc1ccc(Cl)cc1. The third-order valence-electron chi connectivity index (χ3n) is 4.21. The summed E-state index contributed by atoms with van der Waals surface area (Å²) in [6, 6.07) is 18.1. The van der Waals surface area contributed by atoms with Crippen LogP contribution in [0.3, 0.4) is 0 Å². The van der Waals surface area contributed by atoms with Gasteiger partial charge in [0.15, 0.2) is 11.5 Å². The Balaban J connectivity index is 1.60. The molecule has 0 fully saturated rings. The number of ether oxygens (including phenoxy) is 2. The maximum absolute atomic E-state index is 12.1. The third kappa shape index (κ3) is 8.16. The average molecular weight is 524 g/mol. The van der Waals surface area contributed by atoms with E-state index in [1.807, 2.05) is 31.2 Å². The van der Waals surface area contributed by atoms with Crippen molar-refractivity contribution in [3.8, 4) is 11.5 Å². The van der Waals surface area contributed by atoms with Crippen LogP contribution in [0.1, 0.15) is 18.1 Å². The van der Waals surface area contributed by atoms with Gasteiger partial charge in [-0.15, -0.1) is 11.8 Å². The number of carbonyl (C=O) groups excluding carboxylic acids is 1. The lowest BCUT2D eigenvalue weighted by Crippen LogP contribution is -2.19. The summed E-state index contributed by atoms with van der Waals surface area (Å²) in [5.41, 5.74) is 4.11. The second-order valence-corrected chi connectivity index (χ2v) is 9.04. The number of rotatable bonds is 10. The number of hydrazone groups is 1. The van der Waals surface area contributed by atoms with Gasteiger partial charge in [-0.05, 0) is 66.6 Å². The van der Waals surface area contributed by atoms with Crippen molar-refractivity contribution < 1.29 is 14.3 Å². The van der Waals surface area contributed by atoms with Crippen molar-refractivity contribution in [1.82, 2.24) is 5.43 Å². The van der Waals surface area contributed by atoms with Crippen molar-refractivity contribution in [2.75, 3.05) is 12.4 Å². The quantitative estimate of drug-likeness (QED) is 0.179. The van der Waals surface area contributed by atoms with Gasteiger partial charge in [-0.2, -0.15) is 5.10 Å². The van der Waals surface area contributed by atoms with Crippen LogP contribution in [-0.4, -0.2) is 24.5 Å². The van der Waals surface area contributed by atoms with Gasteiger partial charge in [-0.1, -0.05) is 46.9 Å². The van der Waals surface area contributed by atoms with E-state index in [0.717, 1.165) is 10.5 Å². The highest BCUT2D eigenvalue weighted by molar-refractivity contribution is 8.00. The van der Waals surface area contributed by atoms with Gasteiger partial charge in [0.25, 0.3) is 0 Å². The standard InChI is InChI=1S/C24H21Cl3N2O3S/c1-2-31-22-12-17(11-21(27)24(22)32-14-16-3-5-18(25)6-4-16)13-28-29-23(30)15-33-20-9-7-19(26)8-10-20/h3-13H,2,14-15H2,1H3,(H,29,30)/b28-13-. The predicted molar refractivity (Wildman–Crippen MR) is 136 cm³/mol. The molecule has 9 heteroatoms. The van der Waals surface area contributed by atoms with Crippen LogP contribution in [0.4, 0.5) is 0 Å². The highest BCUT2D eigenvalue weighted by Crippen LogP contribution is 2.37. The molecule has 3 aromatic rings. The summed E-state index contributed by atoms with van der Waals surface area (Å²) in [6.45, 7) is 2.62. The molecule has 3 aromatic carbocycles. The molecule has 0 atom stereocenters. The van der Waals surface area contributed by atoms with E-state index < -0.39 is 0 Å². The fourth-order valence-electron chi connectivity index (χ4n) is 2.69. The summed E-state index contributed by atoms with van der Waals surface area (Å²) in [5.74, 6) is 0.922. The van der Waals surface area contributed by atoms with Gasteiger partial charge in [-0.25, -0.2) is 5.43 Å². The van der Waals surface area contributed by atoms with E-state index >= 15 is 0 Å². The summed E-state index contributed by atoms with van der Waals surface area (Å²) < 4.78 is 11.6. The Bertz CT molecular complexity index is 1110. The number of halogens is 3. The molecule has 0 saturated heterocycles. The number of carbonyl (C=O) groups is 1. The van der Waals surface area contributed by atoms with Crippen molar-refractivity contribution in [3.63, 3.8) is 0 Å². The van der Waals surface area contributed by atoms with Gasteiger partial charge in [0.05, 0.1) is 23.6 Å². The molecule has 0 spiro atoms. The second-order valence-electron chi connectivity index (χ2n) is 6.71. The van der Waals surface area contributed by atoms with E-state index in [0.29, 0.717) is 45.3 Å². The monoisotopic (exact) mass is 522 g/mol.